The van der Waals surface area contributed by atoms with Crippen molar-refractivity contribution in [3.05, 3.63) is 0 Å². The molecule has 0 aliphatic carbocycles. The van der Waals surface area contributed by atoms with Gasteiger partial charge in [-0.15, -0.1) is 0 Å². The molecule has 0 heterocycles. The Kier molecular flexibility index (Phi) is 9.35. The van der Waals surface area contributed by atoms with Gasteiger partial charge in [-0.25, -0.2) is 0 Å². The van der Waals surface area contributed by atoms with Crippen LogP contribution in [0.4, 0.5) is 0 Å². The van der Waals surface area contributed by atoms with Crippen molar-refractivity contribution in [2.45, 2.75) is 60.8 Å². The van der Waals surface area contributed by atoms with Gasteiger partial charge in [-0.3, -0.25) is 4.79 Å². The van der Waals surface area contributed by atoms with Gasteiger partial charge in [-0.2, -0.15) is 0 Å². The maximum Gasteiger partial charge on any atom is 0.139 e. The lowest BCUT2D eigenvalue weighted by atomic mass is 9.90. The molecule has 108 valence electrons. The molecule has 0 radical (unpaired) electrons. The van der Waals surface area contributed by atoms with Gasteiger partial charge < -0.3 is 5.32 Å². The Morgan fingerprint density at radius 2 is 1.61 bits per heavy atom. The first-order valence-corrected chi connectivity index (χ1v) is 7.68. The van der Waals surface area contributed by atoms with Gasteiger partial charge in [0.1, 0.15) is 5.78 Å². The van der Waals surface area contributed by atoms with E-state index in [4.69, 9.17) is 0 Å². The van der Waals surface area contributed by atoms with Crippen LogP contribution in [0.2, 0.25) is 0 Å². The lowest BCUT2D eigenvalue weighted by molar-refractivity contribution is -0.125. The molecule has 0 aliphatic rings. The van der Waals surface area contributed by atoms with Crippen LogP contribution >= 0.6 is 0 Å². The maximum atomic E-state index is 12.1. The second-order valence-corrected chi connectivity index (χ2v) is 6.06. The highest BCUT2D eigenvalue weighted by Gasteiger charge is 2.20. The molecule has 2 heteroatoms. The largest absolute Gasteiger partial charge is 0.316 e. The Hall–Kier alpha value is -0.370. The van der Waals surface area contributed by atoms with Gasteiger partial charge >= 0.3 is 0 Å². The maximum absolute atomic E-state index is 12.1. The van der Waals surface area contributed by atoms with E-state index in [0.717, 1.165) is 31.8 Å². The number of nitrogens with one attached hydrogen (secondary N) is 1. The van der Waals surface area contributed by atoms with E-state index >= 15 is 0 Å². The van der Waals surface area contributed by atoms with Crippen molar-refractivity contribution < 1.29 is 4.79 Å². The number of ketones is 1. The number of hydrogen-bond donors (Lipinski definition) is 1. The summed E-state index contributed by atoms with van der Waals surface area (Å²) in [6.45, 7) is 14.9. The summed E-state index contributed by atoms with van der Waals surface area (Å²) in [7, 11) is 0. The summed E-state index contributed by atoms with van der Waals surface area (Å²) in [6.07, 6.45) is 3.33. The highest BCUT2D eigenvalue weighted by molar-refractivity contribution is 5.82. The molecule has 0 spiro atoms. The minimum Gasteiger partial charge on any atom is -0.316 e. The van der Waals surface area contributed by atoms with E-state index in [-0.39, 0.29) is 11.8 Å². The molecule has 3 atom stereocenters. The molecular weight excluding hydrogens is 222 g/mol. The monoisotopic (exact) mass is 255 g/mol. The van der Waals surface area contributed by atoms with Gasteiger partial charge in [0.15, 0.2) is 0 Å². The van der Waals surface area contributed by atoms with E-state index < -0.39 is 0 Å². The summed E-state index contributed by atoms with van der Waals surface area (Å²) in [6, 6.07) is 0. The van der Waals surface area contributed by atoms with E-state index in [2.05, 4.69) is 33.0 Å². The van der Waals surface area contributed by atoms with Gasteiger partial charge in [0.05, 0.1) is 0 Å². The van der Waals surface area contributed by atoms with Gasteiger partial charge in [0.2, 0.25) is 0 Å². The quantitative estimate of drug-likeness (QED) is 0.641. The van der Waals surface area contributed by atoms with Crippen molar-refractivity contribution in [2.75, 3.05) is 13.1 Å². The summed E-state index contributed by atoms with van der Waals surface area (Å²) in [4.78, 5) is 12.1. The standard InChI is InChI=1S/C16H33NO/c1-7-9-15(16(18)12(3)4)11-17-10-14(6)13(5)8-2/h12-15,17H,7-11H2,1-6H3. The van der Waals surface area contributed by atoms with E-state index in [1.165, 1.54) is 6.42 Å². The van der Waals surface area contributed by atoms with Crippen molar-refractivity contribution in [2.24, 2.45) is 23.7 Å². The number of carbonyl (C=O) groups excluding carboxylic acids is 1. The third-order valence-corrected chi connectivity index (χ3v) is 4.08. The lowest BCUT2D eigenvalue weighted by Crippen LogP contribution is -2.34. The fourth-order valence-electron chi connectivity index (χ4n) is 2.25. The molecule has 18 heavy (non-hydrogen) atoms. The molecule has 0 aromatic heterocycles. The summed E-state index contributed by atoms with van der Waals surface area (Å²) in [5.41, 5.74) is 0. The summed E-state index contributed by atoms with van der Waals surface area (Å²) in [5, 5.41) is 3.50. The fraction of sp³-hybridized carbons (Fsp3) is 0.938. The van der Waals surface area contributed by atoms with Gasteiger partial charge in [-0.05, 0) is 24.8 Å². The third-order valence-electron chi connectivity index (χ3n) is 4.08. The molecule has 0 aliphatic heterocycles. The minimum absolute atomic E-state index is 0.162. The highest BCUT2D eigenvalue weighted by atomic mass is 16.1. The van der Waals surface area contributed by atoms with Crippen LogP contribution in [0.25, 0.3) is 0 Å². The minimum atomic E-state index is 0.162. The first kappa shape index (κ1) is 17.6. The molecule has 1 N–H and O–H groups in total. The smallest absolute Gasteiger partial charge is 0.139 e. The number of carbonyl (C=O) groups is 1. The Labute approximate surface area is 114 Å². The zero-order valence-corrected chi connectivity index (χ0v) is 13.3. The molecule has 0 saturated carbocycles. The van der Waals surface area contributed by atoms with Crippen molar-refractivity contribution >= 4 is 5.78 Å². The molecule has 3 unspecified atom stereocenters. The van der Waals surface area contributed by atoms with Gasteiger partial charge in [-0.1, -0.05) is 54.4 Å². The van der Waals surface area contributed by atoms with Crippen molar-refractivity contribution in [3.63, 3.8) is 0 Å². The molecule has 0 aromatic carbocycles. The topological polar surface area (TPSA) is 29.1 Å². The highest BCUT2D eigenvalue weighted by Crippen LogP contribution is 2.15. The summed E-state index contributed by atoms with van der Waals surface area (Å²) in [5.74, 6) is 2.23. The van der Waals surface area contributed by atoms with Crippen molar-refractivity contribution in [1.82, 2.24) is 5.32 Å². The molecule has 2 nitrogen and oxygen atoms in total. The number of Topliss-reactive ketones (excluding diaryl/α,β-unsaturated/α-hetero) is 1. The van der Waals surface area contributed by atoms with Crippen LogP contribution in [0.15, 0.2) is 0 Å². The SMILES string of the molecule is CCCC(CNCC(C)C(C)CC)C(=O)C(C)C. The molecular formula is C16H33NO. The van der Waals surface area contributed by atoms with Crippen molar-refractivity contribution in [1.29, 1.82) is 0 Å². The average molecular weight is 255 g/mol. The molecule has 0 amide bonds. The van der Waals surface area contributed by atoms with Crippen LogP contribution in [0.5, 0.6) is 0 Å². The number of rotatable bonds is 10. The average Bonchev–Trinajstić information content (AvgIpc) is 2.35. The zero-order valence-electron chi connectivity index (χ0n) is 13.3. The fourth-order valence-corrected chi connectivity index (χ4v) is 2.25. The molecule has 0 fully saturated rings. The Balaban J connectivity index is 4.08. The van der Waals surface area contributed by atoms with Crippen LogP contribution in [0.3, 0.4) is 0 Å². The molecule has 0 rings (SSSR count). The second-order valence-electron chi connectivity index (χ2n) is 6.06. The van der Waals surface area contributed by atoms with Crippen molar-refractivity contribution in [3.8, 4) is 0 Å². The predicted molar refractivity (Wildman–Crippen MR) is 79.7 cm³/mol. The van der Waals surface area contributed by atoms with Crippen LogP contribution in [0, 0.1) is 23.7 Å². The van der Waals surface area contributed by atoms with E-state index in [9.17, 15) is 4.79 Å². The molecule has 0 bridgehead atoms. The normalized spacial score (nSPS) is 16.6. The predicted octanol–water partition coefficient (Wildman–Crippen LogP) is 3.90. The van der Waals surface area contributed by atoms with Gasteiger partial charge in [0.25, 0.3) is 0 Å². The molecule has 0 aromatic rings. The Morgan fingerprint density at radius 3 is 2.06 bits per heavy atom. The third kappa shape index (κ3) is 6.53. The molecule has 0 saturated heterocycles. The van der Waals surface area contributed by atoms with Crippen LogP contribution in [-0.2, 0) is 4.79 Å². The first-order valence-electron chi connectivity index (χ1n) is 7.68. The number of hydrogen-bond acceptors (Lipinski definition) is 2. The van der Waals surface area contributed by atoms with Crippen LogP contribution in [-0.4, -0.2) is 18.9 Å². The Morgan fingerprint density at radius 1 is 1.00 bits per heavy atom. The van der Waals surface area contributed by atoms with E-state index in [0.29, 0.717) is 11.7 Å². The van der Waals surface area contributed by atoms with Gasteiger partial charge in [0, 0.05) is 18.4 Å². The van der Waals surface area contributed by atoms with E-state index in [1.807, 2.05) is 13.8 Å². The zero-order chi connectivity index (χ0) is 14.1. The summed E-state index contributed by atoms with van der Waals surface area (Å²) >= 11 is 0. The van der Waals surface area contributed by atoms with Crippen LogP contribution in [0.1, 0.15) is 60.8 Å². The van der Waals surface area contributed by atoms with Crippen LogP contribution < -0.4 is 5.32 Å². The first-order chi connectivity index (χ1) is 8.43. The Bertz CT molecular complexity index is 225. The second kappa shape index (κ2) is 9.55. The van der Waals surface area contributed by atoms with E-state index in [1.54, 1.807) is 0 Å². The lowest BCUT2D eigenvalue weighted by Gasteiger charge is -2.22. The summed E-state index contributed by atoms with van der Waals surface area (Å²) < 4.78 is 0.